The first-order valence-electron chi connectivity index (χ1n) is 4.85. The fourth-order valence-electron chi connectivity index (χ4n) is 1.28. The fourth-order valence-corrected chi connectivity index (χ4v) is 2.47. The molecule has 82 valence electrons. The third kappa shape index (κ3) is 3.50. The van der Waals surface area contributed by atoms with Crippen molar-refractivity contribution >= 4 is 17.7 Å². The molecule has 14 heavy (non-hydrogen) atoms. The molecule has 0 aromatic carbocycles. The second-order valence-electron chi connectivity index (χ2n) is 5.03. The summed E-state index contributed by atoms with van der Waals surface area (Å²) in [5.74, 6) is -0.111. The van der Waals surface area contributed by atoms with E-state index >= 15 is 0 Å². The number of esters is 1. The van der Waals surface area contributed by atoms with Gasteiger partial charge in [0.1, 0.15) is 10.9 Å². The Bertz CT molecular complexity index is 233. The number of nitrogens with one attached hydrogen (secondary N) is 1. The minimum absolute atomic E-state index is 0.0123. The van der Waals surface area contributed by atoms with Crippen LogP contribution < -0.4 is 5.32 Å². The molecule has 0 aliphatic carbocycles. The minimum Gasteiger partial charge on any atom is -0.459 e. The third-order valence-corrected chi connectivity index (χ3v) is 3.20. The highest BCUT2D eigenvalue weighted by Crippen LogP contribution is 2.33. The smallest absolute Gasteiger partial charge is 0.320 e. The lowest BCUT2D eigenvalue weighted by Gasteiger charge is -2.22. The van der Waals surface area contributed by atoms with Crippen molar-refractivity contribution in [3.8, 4) is 0 Å². The molecule has 0 amide bonds. The summed E-state index contributed by atoms with van der Waals surface area (Å²) in [4.78, 5) is 11.7. The molecule has 0 aromatic rings. The van der Waals surface area contributed by atoms with Gasteiger partial charge in [0.05, 0.1) is 4.87 Å². The number of carbonyl (C=O) groups is 1. The predicted octanol–water partition coefficient (Wildman–Crippen LogP) is 1.77. The number of ether oxygens (including phenoxy) is 1. The van der Waals surface area contributed by atoms with Crippen molar-refractivity contribution in [3.63, 3.8) is 0 Å². The van der Waals surface area contributed by atoms with Crippen LogP contribution in [0.5, 0.6) is 0 Å². The second kappa shape index (κ2) is 3.74. The van der Waals surface area contributed by atoms with E-state index in [1.165, 1.54) is 0 Å². The van der Waals surface area contributed by atoms with Crippen molar-refractivity contribution in [1.29, 1.82) is 0 Å². The highest BCUT2D eigenvalue weighted by molar-refractivity contribution is 8.02. The maximum Gasteiger partial charge on any atom is 0.320 e. The lowest BCUT2D eigenvalue weighted by Crippen LogP contribution is -2.32. The van der Waals surface area contributed by atoms with E-state index in [9.17, 15) is 4.79 Å². The van der Waals surface area contributed by atoms with Crippen LogP contribution in [0.3, 0.4) is 0 Å². The van der Waals surface area contributed by atoms with Gasteiger partial charge in [-0.1, -0.05) is 0 Å². The van der Waals surface area contributed by atoms with E-state index in [4.69, 9.17) is 4.74 Å². The zero-order valence-electron chi connectivity index (χ0n) is 9.51. The maximum atomic E-state index is 11.7. The van der Waals surface area contributed by atoms with Crippen molar-refractivity contribution < 1.29 is 9.53 Å². The van der Waals surface area contributed by atoms with Crippen LogP contribution in [0.1, 0.15) is 34.6 Å². The number of rotatable bonds is 1. The zero-order chi connectivity index (χ0) is 11.0. The molecule has 3 nitrogen and oxygen atoms in total. The van der Waals surface area contributed by atoms with Gasteiger partial charge in [0.15, 0.2) is 0 Å². The van der Waals surface area contributed by atoms with Crippen LogP contribution >= 0.6 is 11.8 Å². The van der Waals surface area contributed by atoms with Crippen LogP contribution in [0.15, 0.2) is 0 Å². The van der Waals surface area contributed by atoms with Gasteiger partial charge in [-0.3, -0.25) is 4.79 Å². The topological polar surface area (TPSA) is 38.3 Å². The van der Waals surface area contributed by atoms with Crippen LogP contribution in [-0.4, -0.2) is 28.2 Å². The first-order valence-corrected chi connectivity index (χ1v) is 5.73. The second-order valence-corrected chi connectivity index (χ2v) is 6.86. The Labute approximate surface area is 90.0 Å². The number of thioether (sulfide) groups is 1. The maximum absolute atomic E-state index is 11.7. The van der Waals surface area contributed by atoms with Gasteiger partial charge in [-0.25, -0.2) is 0 Å². The van der Waals surface area contributed by atoms with Gasteiger partial charge < -0.3 is 10.1 Å². The normalized spacial score (nSPS) is 26.2. The molecule has 0 bridgehead atoms. The van der Waals surface area contributed by atoms with E-state index < -0.39 is 0 Å². The average Bonchev–Trinajstić information content (AvgIpc) is 2.26. The van der Waals surface area contributed by atoms with Crippen LogP contribution in [-0.2, 0) is 9.53 Å². The Kier molecular flexibility index (Phi) is 3.17. The molecule has 0 aromatic heterocycles. The average molecular weight is 217 g/mol. The molecular formula is C10H19NO2S. The molecule has 1 rings (SSSR count). The number of carbonyl (C=O) groups excluding carboxylic acids is 1. The summed E-state index contributed by atoms with van der Waals surface area (Å²) in [5, 5.41) is 3.21. The summed E-state index contributed by atoms with van der Waals surface area (Å²) in [6.45, 7) is 10.5. The molecule has 1 atom stereocenters. The lowest BCUT2D eigenvalue weighted by molar-refractivity contribution is -0.153. The first-order chi connectivity index (χ1) is 6.20. The Hall–Kier alpha value is -0.220. The molecule has 1 fully saturated rings. The summed E-state index contributed by atoms with van der Waals surface area (Å²) in [6, 6.07) is 0. The summed E-state index contributed by atoms with van der Waals surface area (Å²) in [6.07, 6.45) is 0. The van der Waals surface area contributed by atoms with Crippen LogP contribution in [0.4, 0.5) is 0 Å². The van der Waals surface area contributed by atoms with E-state index in [0.29, 0.717) is 6.54 Å². The lowest BCUT2D eigenvalue weighted by atomic mass is 10.2. The van der Waals surface area contributed by atoms with Gasteiger partial charge >= 0.3 is 5.97 Å². The van der Waals surface area contributed by atoms with Crippen molar-refractivity contribution in [2.75, 3.05) is 6.54 Å². The Morgan fingerprint density at radius 3 is 2.43 bits per heavy atom. The van der Waals surface area contributed by atoms with E-state index in [-0.39, 0.29) is 21.7 Å². The highest BCUT2D eigenvalue weighted by atomic mass is 32.2. The molecule has 1 heterocycles. The molecule has 4 heteroatoms. The van der Waals surface area contributed by atoms with E-state index in [1.807, 2.05) is 20.8 Å². The predicted molar refractivity (Wildman–Crippen MR) is 59.3 cm³/mol. The zero-order valence-corrected chi connectivity index (χ0v) is 10.3. The molecule has 0 saturated carbocycles. The molecule has 0 radical (unpaired) electrons. The monoisotopic (exact) mass is 217 g/mol. The quantitative estimate of drug-likeness (QED) is 0.679. The molecule has 1 unspecified atom stereocenters. The van der Waals surface area contributed by atoms with E-state index in [2.05, 4.69) is 19.2 Å². The number of hydrogen-bond acceptors (Lipinski definition) is 4. The summed E-state index contributed by atoms with van der Waals surface area (Å²) < 4.78 is 5.32. The molecule has 0 spiro atoms. The van der Waals surface area contributed by atoms with Gasteiger partial charge in [-0.15, -0.1) is 11.8 Å². The molecule has 1 aliphatic rings. The Morgan fingerprint density at radius 2 is 2.07 bits per heavy atom. The summed E-state index contributed by atoms with van der Waals surface area (Å²) in [7, 11) is 0. The fraction of sp³-hybridized carbons (Fsp3) is 0.900. The van der Waals surface area contributed by atoms with E-state index in [1.54, 1.807) is 11.8 Å². The summed E-state index contributed by atoms with van der Waals surface area (Å²) in [5.41, 5.74) is -0.385. The van der Waals surface area contributed by atoms with E-state index in [0.717, 1.165) is 0 Å². The summed E-state index contributed by atoms with van der Waals surface area (Å²) >= 11 is 1.63. The van der Waals surface area contributed by atoms with Crippen molar-refractivity contribution in [2.45, 2.75) is 50.3 Å². The van der Waals surface area contributed by atoms with Gasteiger partial charge in [-0.05, 0) is 34.6 Å². The van der Waals surface area contributed by atoms with Crippen LogP contribution in [0, 0.1) is 0 Å². The van der Waals surface area contributed by atoms with Crippen molar-refractivity contribution in [2.24, 2.45) is 0 Å². The van der Waals surface area contributed by atoms with Crippen molar-refractivity contribution in [1.82, 2.24) is 5.32 Å². The Morgan fingerprint density at radius 1 is 1.50 bits per heavy atom. The largest absolute Gasteiger partial charge is 0.459 e. The van der Waals surface area contributed by atoms with Gasteiger partial charge in [0, 0.05) is 6.54 Å². The third-order valence-electron chi connectivity index (χ3n) is 1.82. The first kappa shape index (κ1) is 11.9. The number of hydrogen-bond donors (Lipinski definition) is 1. The highest BCUT2D eigenvalue weighted by Gasteiger charge is 2.37. The molecular weight excluding hydrogens is 198 g/mol. The van der Waals surface area contributed by atoms with Gasteiger partial charge in [0.25, 0.3) is 0 Å². The molecule has 1 aliphatic heterocycles. The molecule has 1 N–H and O–H groups in total. The standard InChI is InChI=1S/C10H19NO2S/c1-9(2,3)13-8(12)7-6-11-10(4,5)14-7/h7,11H,6H2,1-5H3. The SMILES string of the molecule is CC(C)(C)OC(=O)C1CNC(C)(C)S1. The Balaban J connectivity index is 2.48. The minimum atomic E-state index is -0.385. The van der Waals surface area contributed by atoms with Gasteiger partial charge in [0.2, 0.25) is 0 Å². The van der Waals surface area contributed by atoms with Crippen LogP contribution in [0.2, 0.25) is 0 Å². The van der Waals surface area contributed by atoms with Crippen LogP contribution in [0.25, 0.3) is 0 Å². The van der Waals surface area contributed by atoms with Crippen molar-refractivity contribution in [3.05, 3.63) is 0 Å². The molecule has 1 saturated heterocycles. The van der Waals surface area contributed by atoms with Gasteiger partial charge in [-0.2, -0.15) is 0 Å².